The molecule has 0 aliphatic carbocycles. The fourth-order valence-electron chi connectivity index (χ4n) is 2.17. The lowest BCUT2D eigenvalue weighted by molar-refractivity contribution is 0.0991. The topological polar surface area (TPSA) is 30.0 Å². The van der Waals surface area contributed by atoms with Crippen molar-refractivity contribution >= 4 is 32.5 Å². The standard InChI is InChI=1S/C17H12BrNO/c18-16(13-7-9-19-10-8-13)17(20)15-6-5-12-3-1-2-4-14(12)11-15/h1-11,16H. The Kier molecular flexibility index (Phi) is 3.61. The van der Waals surface area contributed by atoms with Crippen molar-refractivity contribution in [3.05, 3.63) is 78.1 Å². The highest BCUT2D eigenvalue weighted by Gasteiger charge is 2.18. The summed E-state index contributed by atoms with van der Waals surface area (Å²) >= 11 is 3.47. The van der Waals surface area contributed by atoms with Crippen LogP contribution in [0.25, 0.3) is 10.8 Å². The van der Waals surface area contributed by atoms with E-state index in [1.165, 1.54) is 0 Å². The molecule has 2 nitrogen and oxygen atoms in total. The lowest BCUT2D eigenvalue weighted by Crippen LogP contribution is -2.07. The van der Waals surface area contributed by atoms with Crippen LogP contribution in [-0.2, 0) is 0 Å². The molecule has 0 aliphatic rings. The van der Waals surface area contributed by atoms with Crippen LogP contribution in [0.4, 0.5) is 0 Å². The van der Waals surface area contributed by atoms with Crippen molar-refractivity contribution in [2.24, 2.45) is 0 Å². The quantitative estimate of drug-likeness (QED) is 0.522. The smallest absolute Gasteiger partial charge is 0.180 e. The molecule has 0 aliphatic heterocycles. The van der Waals surface area contributed by atoms with E-state index in [-0.39, 0.29) is 10.6 Å². The van der Waals surface area contributed by atoms with Gasteiger partial charge in [-0.15, -0.1) is 0 Å². The average molecular weight is 326 g/mol. The minimum atomic E-state index is -0.341. The van der Waals surface area contributed by atoms with Crippen molar-refractivity contribution in [3.63, 3.8) is 0 Å². The number of nitrogens with zero attached hydrogens (tertiary/aromatic N) is 1. The predicted molar refractivity (Wildman–Crippen MR) is 84.2 cm³/mol. The molecular weight excluding hydrogens is 314 g/mol. The zero-order chi connectivity index (χ0) is 13.9. The van der Waals surface area contributed by atoms with Gasteiger partial charge in [0.05, 0.1) is 0 Å². The van der Waals surface area contributed by atoms with Gasteiger partial charge in [-0.3, -0.25) is 9.78 Å². The van der Waals surface area contributed by atoms with Crippen molar-refractivity contribution in [3.8, 4) is 0 Å². The van der Waals surface area contributed by atoms with Crippen LogP contribution in [0.1, 0.15) is 20.7 Å². The number of halogens is 1. The molecule has 0 saturated heterocycles. The van der Waals surface area contributed by atoms with E-state index >= 15 is 0 Å². The normalized spacial score (nSPS) is 12.2. The number of pyridine rings is 1. The van der Waals surface area contributed by atoms with Crippen LogP contribution >= 0.6 is 15.9 Å². The zero-order valence-corrected chi connectivity index (χ0v) is 12.2. The van der Waals surface area contributed by atoms with Gasteiger partial charge < -0.3 is 0 Å². The lowest BCUT2D eigenvalue weighted by Gasteiger charge is -2.09. The number of carbonyl (C=O) groups is 1. The second-order valence-corrected chi connectivity index (χ2v) is 5.48. The van der Waals surface area contributed by atoms with Gasteiger partial charge in [0.25, 0.3) is 0 Å². The molecule has 20 heavy (non-hydrogen) atoms. The molecule has 3 aromatic rings. The number of carbonyl (C=O) groups excluding carboxylic acids is 1. The summed E-state index contributed by atoms with van der Waals surface area (Å²) in [5.74, 6) is 0.0574. The van der Waals surface area contributed by atoms with Crippen LogP contribution in [0.15, 0.2) is 67.0 Å². The maximum atomic E-state index is 12.5. The number of benzene rings is 2. The van der Waals surface area contributed by atoms with Gasteiger partial charge in [-0.2, -0.15) is 0 Å². The van der Waals surface area contributed by atoms with E-state index in [0.29, 0.717) is 5.56 Å². The third kappa shape index (κ3) is 2.49. The molecule has 0 spiro atoms. The van der Waals surface area contributed by atoms with Crippen LogP contribution in [0.3, 0.4) is 0 Å². The molecule has 1 aromatic heterocycles. The van der Waals surface area contributed by atoms with E-state index in [0.717, 1.165) is 16.3 Å². The Bertz CT molecular complexity index is 755. The molecule has 1 atom stereocenters. The first-order valence-electron chi connectivity index (χ1n) is 6.33. The van der Waals surface area contributed by atoms with Crippen LogP contribution in [0, 0.1) is 0 Å². The van der Waals surface area contributed by atoms with Crippen molar-refractivity contribution in [1.29, 1.82) is 0 Å². The first kappa shape index (κ1) is 13.0. The summed E-state index contributed by atoms with van der Waals surface area (Å²) in [6, 6.07) is 17.5. The predicted octanol–water partition coefficient (Wildman–Crippen LogP) is 4.55. The first-order chi connectivity index (χ1) is 9.75. The van der Waals surface area contributed by atoms with Crippen molar-refractivity contribution in [2.45, 2.75) is 4.83 Å². The summed E-state index contributed by atoms with van der Waals surface area (Å²) in [6.45, 7) is 0. The summed E-state index contributed by atoms with van der Waals surface area (Å²) < 4.78 is 0. The Labute approximate surface area is 125 Å². The molecule has 3 heteroatoms. The summed E-state index contributed by atoms with van der Waals surface area (Å²) in [4.78, 5) is 16.1. The van der Waals surface area contributed by atoms with E-state index in [1.54, 1.807) is 12.4 Å². The van der Waals surface area contributed by atoms with Crippen LogP contribution < -0.4 is 0 Å². The van der Waals surface area contributed by atoms with E-state index in [4.69, 9.17) is 0 Å². The van der Waals surface area contributed by atoms with Gasteiger partial charge in [-0.05, 0) is 34.5 Å². The number of alkyl halides is 1. The Morgan fingerprint density at radius 2 is 1.65 bits per heavy atom. The van der Waals surface area contributed by atoms with Gasteiger partial charge in [-0.25, -0.2) is 0 Å². The highest BCUT2D eigenvalue weighted by molar-refractivity contribution is 9.09. The van der Waals surface area contributed by atoms with E-state index < -0.39 is 0 Å². The van der Waals surface area contributed by atoms with Crippen LogP contribution in [-0.4, -0.2) is 10.8 Å². The number of ketones is 1. The molecule has 0 amide bonds. The lowest BCUT2D eigenvalue weighted by atomic mass is 10.0. The zero-order valence-electron chi connectivity index (χ0n) is 10.7. The maximum absolute atomic E-state index is 12.5. The Hall–Kier alpha value is -2.00. The minimum Gasteiger partial charge on any atom is -0.293 e. The highest BCUT2D eigenvalue weighted by Crippen LogP contribution is 2.27. The molecule has 98 valence electrons. The van der Waals surface area contributed by atoms with E-state index in [2.05, 4.69) is 20.9 Å². The molecule has 0 N–H and O–H groups in total. The second-order valence-electron chi connectivity index (χ2n) is 4.57. The molecule has 1 heterocycles. The number of hydrogen-bond acceptors (Lipinski definition) is 2. The molecule has 0 fully saturated rings. The van der Waals surface area contributed by atoms with Gasteiger partial charge in [-0.1, -0.05) is 52.3 Å². The molecule has 1 unspecified atom stereocenters. The Balaban J connectivity index is 1.96. The largest absolute Gasteiger partial charge is 0.293 e. The number of Topliss-reactive ketones (excluding diaryl/α,β-unsaturated/α-hetero) is 1. The van der Waals surface area contributed by atoms with Crippen molar-refractivity contribution in [1.82, 2.24) is 4.98 Å². The highest BCUT2D eigenvalue weighted by atomic mass is 79.9. The maximum Gasteiger partial charge on any atom is 0.180 e. The average Bonchev–Trinajstić information content (AvgIpc) is 2.54. The molecular formula is C17H12BrNO. The number of aromatic nitrogens is 1. The Morgan fingerprint density at radius 3 is 2.40 bits per heavy atom. The summed E-state index contributed by atoms with van der Waals surface area (Å²) in [5.41, 5.74) is 1.63. The minimum absolute atomic E-state index is 0.0574. The third-order valence-electron chi connectivity index (χ3n) is 3.26. The molecule has 0 radical (unpaired) electrons. The molecule has 0 saturated carbocycles. The van der Waals surface area contributed by atoms with Gasteiger partial charge in [0.15, 0.2) is 5.78 Å². The molecule has 3 rings (SSSR count). The molecule has 0 bridgehead atoms. The number of rotatable bonds is 3. The SMILES string of the molecule is O=C(c1ccc2ccccc2c1)C(Br)c1ccncc1. The van der Waals surface area contributed by atoms with Crippen LogP contribution in [0.5, 0.6) is 0 Å². The van der Waals surface area contributed by atoms with E-state index in [9.17, 15) is 4.79 Å². The van der Waals surface area contributed by atoms with Crippen molar-refractivity contribution in [2.75, 3.05) is 0 Å². The van der Waals surface area contributed by atoms with Gasteiger partial charge in [0.1, 0.15) is 4.83 Å². The third-order valence-corrected chi connectivity index (χ3v) is 4.21. The summed E-state index contributed by atoms with van der Waals surface area (Å²) in [5, 5.41) is 2.21. The van der Waals surface area contributed by atoms with E-state index in [1.807, 2.05) is 54.6 Å². The van der Waals surface area contributed by atoms with Gasteiger partial charge in [0.2, 0.25) is 0 Å². The summed E-state index contributed by atoms with van der Waals surface area (Å²) in [7, 11) is 0. The summed E-state index contributed by atoms with van der Waals surface area (Å²) in [6.07, 6.45) is 3.38. The Morgan fingerprint density at radius 1 is 0.950 bits per heavy atom. The van der Waals surface area contributed by atoms with Gasteiger partial charge >= 0.3 is 0 Å². The first-order valence-corrected chi connectivity index (χ1v) is 7.24. The molecule has 2 aromatic carbocycles. The second kappa shape index (κ2) is 5.55. The number of hydrogen-bond donors (Lipinski definition) is 0. The van der Waals surface area contributed by atoms with Crippen LogP contribution in [0.2, 0.25) is 0 Å². The van der Waals surface area contributed by atoms with Crippen molar-refractivity contribution < 1.29 is 4.79 Å². The monoisotopic (exact) mass is 325 g/mol. The fraction of sp³-hybridized carbons (Fsp3) is 0.0588. The van der Waals surface area contributed by atoms with Gasteiger partial charge in [0, 0.05) is 18.0 Å². The fourth-order valence-corrected chi connectivity index (χ4v) is 2.74. The number of fused-ring (bicyclic) bond motifs is 1.